The molecule has 0 unspecified atom stereocenters. The van der Waals surface area contributed by atoms with Gasteiger partial charge in [0, 0.05) is 55.3 Å². The number of hydrogen-bond acceptors (Lipinski definition) is 3. The predicted octanol–water partition coefficient (Wildman–Crippen LogP) is 17.9. The third kappa shape index (κ3) is 6.12. The number of anilines is 3. The SMILES string of the molecule is c1ccc(-c2cccc(N(c3ccc(-c4cccc5c4oc4c(-c6ccccc6)cc6ccccc6c45)cc3)c3ccc(-c4cc5ccccc5c5c4oc4ccccc45)cc3)c2)cc1. The minimum Gasteiger partial charge on any atom is -0.455 e. The van der Waals surface area contributed by atoms with Crippen molar-refractivity contribution >= 4 is 82.5 Å². The summed E-state index contributed by atoms with van der Waals surface area (Å²) in [6.45, 7) is 0. The van der Waals surface area contributed by atoms with E-state index in [4.69, 9.17) is 8.83 Å². The van der Waals surface area contributed by atoms with E-state index < -0.39 is 0 Å². The molecule has 0 fully saturated rings. The highest BCUT2D eigenvalue weighted by Gasteiger charge is 2.21. The van der Waals surface area contributed by atoms with Gasteiger partial charge in [-0.05, 0) is 104 Å². The first-order valence-corrected chi connectivity index (χ1v) is 22.2. The zero-order valence-corrected chi connectivity index (χ0v) is 35.3. The highest BCUT2D eigenvalue weighted by molar-refractivity contribution is 6.24. The van der Waals surface area contributed by atoms with Crippen LogP contribution in [0.5, 0.6) is 0 Å². The van der Waals surface area contributed by atoms with Gasteiger partial charge in [-0.3, -0.25) is 0 Å². The van der Waals surface area contributed by atoms with Gasteiger partial charge >= 0.3 is 0 Å². The van der Waals surface area contributed by atoms with Crippen LogP contribution in [-0.2, 0) is 0 Å². The van der Waals surface area contributed by atoms with E-state index in [0.717, 1.165) is 99.9 Å². The van der Waals surface area contributed by atoms with Crippen molar-refractivity contribution in [2.24, 2.45) is 0 Å². The molecule has 0 spiro atoms. The molecule has 0 N–H and O–H groups in total. The van der Waals surface area contributed by atoms with Crippen LogP contribution in [0.3, 0.4) is 0 Å². The number of fused-ring (bicyclic) bond motifs is 10. The Bertz CT molecular complexity index is 3920. The summed E-state index contributed by atoms with van der Waals surface area (Å²) in [5.74, 6) is 0. The Kier molecular flexibility index (Phi) is 8.53. The standard InChI is InChI=1S/C62H39NO2/c1-3-15-40(16-4-1)44-21-13-22-49(37-44)63(48-35-31-43(32-36-48)56-39-45-19-7-9-23-50(45)58-53-25-11-12-28-57(53)64-61(56)58)47-33-29-42(30-34-47)52-26-14-27-54-59-51-24-10-8-20-46(51)38-55(62(59)65-60(52)54)41-17-5-2-6-18-41/h1-39H. The minimum absolute atomic E-state index is 0.888. The second-order valence-corrected chi connectivity index (χ2v) is 16.8. The molecule has 0 aliphatic rings. The molecule has 304 valence electrons. The molecule has 0 saturated heterocycles. The number of benzene rings is 11. The van der Waals surface area contributed by atoms with Crippen molar-refractivity contribution in [3.05, 3.63) is 237 Å². The predicted molar refractivity (Wildman–Crippen MR) is 272 cm³/mol. The van der Waals surface area contributed by atoms with Crippen molar-refractivity contribution < 1.29 is 8.83 Å². The Morgan fingerprint density at radius 2 is 0.738 bits per heavy atom. The fourth-order valence-corrected chi connectivity index (χ4v) is 9.98. The van der Waals surface area contributed by atoms with E-state index in [2.05, 4.69) is 235 Å². The maximum Gasteiger partial charge on any atom is 0.143 e. The van der Waals surface area contributed by atoms with E-state index >= 15 is 0 Å². The van der Waals surface area contributed by atoms with Crippen LogP contribution in [0.25, 0.3) is 110 Å². The molecule has 2 heterocycles. The fraction of sp³-hybridized carbons (Fsp3) is 0. The Hall–Kier alpha value is -8.66. The zero-order valence-electron chi connectivity index (χ0n) is 35.3. The molecular weight excluding hydrogens is 791 g/mol. The van der Waals surface area contributed by atoms with Crippen molar-refractivity contribution in [2.45, 2.75) is 0 Å². The topological polar surface area (TPSA) is 29.5 Å². The van der Waals surface area contributed by atoms with E-state index in [1.54, 1.807) is 0 Å². The molecule has 0 bridgehead atoms. The summed E-state index contributed by atoms with van der Waals surface area (Å²) in [6, 6.07) is 84.4. The molecule has 0 atom stereocenters. The molecule has 2 aromatic heterocycles. The first-order valence-electron chi connectivity index (χ1n) is 22.2. The van der Waals surface area contributed by atoms with Gasteiger partial charge in [-0.1, -0.05) is 182 Å². The van der Waals surface area contributed by atoms with Crippen molar-refractivity contribution in [1.29, 1.82) is 0 Å². The smallest absolute Gasteiger partial charge is 0.143 e. The van der Waals surface area contributed by atoms with Crippen LogP contribution < -0.4 is 4.90 Å². The Morgan fingerprint density at radius 1 is 0.262 bits per heavy atom. The summed E-state index contributed by atoms with van der Waals surface area (Å²) in [5, 5.41) is 9.31. The summed E-state index contributed by atoms with van der Waals surface area (Å²) < 4.78 is 13.6. The third-order valence-electron chi connectivity index (χ3n) is 13.0. The minimum atomic E-state index is 0.888. The lowest BCUT2D eigenvalue weighted by Gasteiger charge is -2.26. The lowest BCUT2D eigenvalue weighted by Crippen LogP contribution is -2.10. The monoisotopic (exact) mass is 829 g/mol. The van der Waals surface area contributed by atoms with E-state index in [1.807, 2.05) is 6.07 Å². The van der Waals surface area contributed by atoms with Gasteiger partial charge in [0.05, 0.1) is 0 Å². The van der Waals surface area contributed by atoms with E-state index in [0.29, 0.717) is 0 Å². The van der Waals surface area contributed by atoms with Crippen LogP contribution in [0.1, 0.15) is 0 Å². The summed E-state index contributed by atoms with van der Waals surface area (Å²) >= 11 is 0. The molecule has 0 saturated carbocycles. The van der Waals surface area contributed by atoms with Crippen LogP contribution in [0.15, 0.2) is 245 Å². The molecular formula is C62H39NO2. The number of furan rings is 2. The summed E-state index contributed by atoms with van der Waals surface area (Å²) in [7, 11) is 0. The maximum atomic E-state index is 7.00. The van der Waals surface area contributed by atoms with Gasteiger partial charge in [0.15, 0.2) is 0 Å². The van der Waals surface area contributed by atoms with E-state index in [9.17, 15) is 0 Å². The first-order chi connectivity index (χ1) is 32.2. The van der Waals surface area contributed by atoms with Crippen molar-refractivity contribution in [1.82, 2.24) is 0 Å². The van der Waals surface area contributed by atoms with Crippen LogP contribution in [0, 0.1) is 0 Å². The van der Waals surface area contributed by atoms with Gasteiger partial charge in [0.1, 0.15) is 22.3 Å². The Labute approximate surface area is 375 Å². The molecule has 0 aliphatic carbocycles. The lowest BCUT2D eigenvalue weighted by molar-refractivity contribution is 0.670. The van der Waals surface area contributed by atoms with Gasteiger partial charge in [0.25, 0.3) is 0 Å². The summed E-state index contributed by atoms with van der Waals surface area (Å²) in [4.78, 5) is 2.34. The molecule has 3 nitrogen and oxygen atoms in total. The molecule has 13 rings (SSSR count). The number of nitrogens with zero attached hydrogens (tertiary/aromatic N) is 1. The van der Waals surface area contributed by atoms with Gasteiger partial charge in [-0.2, -0.15) is 0 Å². The number of para-hydroxylation sites is 2. The largest absolute Gasteiger partial charge is 0.455 e. The number of hydrogen-bond donors (Lipinski definition) is 0. The van der Waals surface area contributed by atoms with Gasteiger partial charge in [-0.25, -0.2) is 0 Å². The maximum absolute atomic E-state index is 7.00. The average Bonchev–Trinajstić information content (AvgIpc) is 3.98. The summed E-state index contributed by atoms with van der Waals surface area (Å²) in [6.07, 6.45) is 0. The first kappa shape index (κ1) is 36.9. The third-order valence-corrected chi connectivity index (χ3v) is 13.0. The van der Waals surface area contributed by atoms with E-state index in [-0.39, 0.29) is 0 Å². The molecule has 65 heavy (non-hydrogen) atoms. The van der Waals surface area contributed by atoms with Crippen LogP contribution >= 0.6 is 0 Å². The molecule has 3 heteroatoms. The van der Waals surface area contributed by atoms with Crippen molar-refractivity contribution in [3.63, 3.8) is 0 Å². The van der Waals surface area contributed by atoms with E-state index in [1.165, 1.54) is 27.1 Å². The zero-order chi connectivity index (χ0) is 42.8. The normalized spacial score (nSPS) is 11.7. The lowest BCUT2D eigenvalue weighted by atomic mass is 9.95. The molecule has 0 amide bonds. The van der Waals surface area contributed by atoms with Crippen LogP contribution in [-0.4, -0.2) is 0 Å². The molecule has 11 aromatic carbocycles. The van der Waals surface area contributed by atoms with Gasteiger partial charge in [-0.15, -0.1) is 0 Å². The highest BCUT2D eigenvalue weighted by Crippen LogP contribution is 2.46. The molecule has 0 aliphatic heterocycles. The Balaban J connectivity index is 0.942. The quantitative estimate of drug-likeness (QED) is 0.160. The summed E-state index contributed by atoms with van der Waals surface area (Å²) in [5.41, 5.74) is 15.6. The Morgan fingerprint density at radius 3 is 1.40 bits per heavy atom. The fourth-order valence-electron chi connectivity index (χ4n) is 9.98. The van der Waals surface area contributed by atoms with Gasteiger partial charge in [0.2, 0.25) is 0 Å². The number of rotatable bonds is 7. The average molecular weight is 830 g/mol. The van der Waals surface area contributed by atoms with Crippen LogP contribution in [0.4, 0.5) is 17.1 Å². The van der Waals surface area contributed by atoms with Crippen molar-refractivity contribution in [3.8, 4) is 44.5 Å². The molecule has 0 radical (unpaired) electrons. The second kappa shape index (κ2) is 15.0. The second-order valence-electron chi connectivity index (χ2n) is 16.8. The van der Waals surface area contributed by atoms with Crippen LogP contribution in [0.2, 0.25) is 0 Å². The highest BCUT2D eigenvalue weighted by atomic mass is 16.3. The van der Waals surface area contributed by atoms with Gasteiger partial charge < -0.3 is 13.7 Å². The molecule has 13 aromatic rings. The van der Waals surface area contributed by atoms with Crippen molar-refractivity contribution in [2.75, 3.05) is 4.90 Å².